The number of nitrogens with one attached hydrogen (secondary N) is 1. The third-order valence-electron chi connectivity index (χ3n) is 13.7. The average molecular weight is 1090 g/mol. The third kappa shape index (κ3) is 60.6. The molecule has 0 saturated carbocycles. The molecule has 0 aliphatic rings. The van der Waals surface area contributed by atoms with E-state index in [1.807, 2.05) is 27.2 Å². The van der Waals surface area contributed by atoms with E-state index in [2.05, 4.69) is 116 Å². The molecule has 1 amide bonds. The van der Waals surface area contributed by atoms with Gasteiger partial charge in [0.2, 0.25) is 5.91 Å². The summed E-state index contributed by atoms with van der Waals surface area (Å²) in [5, 5.41) is 13.9. The monoisotopic (exact) mass is 1090 g/mol. The first kappa shape index (κ1) is 74.2. The Labute approximate surface area is 476 Å². The van der Waals surface area contributed by atoms with Gasteiger partial charge in [0.15, 0.2) is 0 Å². The van der Waals surface area contributed by atoms with Crippen LogP contribution in [0.4, 0.5) is 0 Å². The molecule has 2 N–H and O–H groups in total. The Bertz CT molecular complexity index is 1620. The maximum absolute atomic E-state index is 13.0. The van der Waals surface area contributed by atoms with Crippen LogP contribution in [0.5, 0.6) is 0 Å². The second kappa shape index (κ2) is 57.8. The maximum atomic E-state index is 13.0. The van der Waals surface area contributed by atoms with E-state index < -0.39 is 26.6 Å². The van der Waals surface area contributed by atoms with Gasteiger partial charge in [0.25, 0.3) is 7.82 Å². The van der Waals surface area contributed by atoms with E-state index in [4.69, 9.17) is 9.05 Å². The number of likely N-dealkylation sites (N-methyl/N-ethyl adjacent to an activating group) is 1. The summed E-state index contributed by atoms with van der Waals surface area (Å²) in [7, 11) is 1.22. The number of unbranched alkanes of at least 4 members (excludes halogenated alkanes) is 28. The summed E-state index contributed by atoms with van der Waals surface area (Å²) >= 11 is 0. The zero-order chi connectivity index (χ0) is 56.3. The molecule has 9 heteroatoms. The van der Waals surface area contributed by atoms with Gasteiger partial charge in [-0.1, -0.05) is 277 Å². The van der Waals surface area contributed by atoms with Crippen molar-refractivity contribution >= 4 is 13.7 Å². The van der Waals surface area contributed by atoms with Crippen molar-refractivity contribution in [3.63, 3.8) is 0 Å². The van der Waals surface area contributed by atoms with E-state index in [-0.39, 0.29) is 12.5 Å². The van der Waals surface area contributed by atoms with Crippen LogP contribution in [0.3, 0.4) is 0 Å². The van der Waals surface area contributed by atoms with Crippen molar-refractivity contribution in [2.24, 2.45) is 0 Å². The van der Waals surface area contributed by atoms with Crippen LogP contribution in [0.1, 0.15) is 264 Å². The molecule has 0 aliphatic carbocycles. The van der Waals surface area contributed by atoms with Crippen LogP contribution in [-0.4, -0.2) is 68.5 Å². The highest BCUT2D eigenvalue weighted by Crippen LogP contribution is 2.38. The van der Waals surface area contributed by atoms with Gasteiger partial charge in [-0.25, -0.2) is 0 Å². The van der Waals surface area contributed by atoms with Gasteiger partial charge < -0.3 is 28.8 Å². The summed E-state index contributed by atoms with van der Waals surface area (Å²) in [5.74, 6) is -0.221. The van der Waals surface area contributed by atoms with Crippen LogP contribution in [0.15, 0.2) is 109 Å². The molecule has 8 nitrogen and oxygen atoms in total. The zero-order valence-electron chi connectivity index (χ0n) is 50.6. The number of aliphatic hydroxyl groups is 1. The molecule has 0 saturated heterocycles. The Hall–Kier alpha value is -2.84. The van der Waals surface area contributed by atoms with Gasteiger partial charge in [-0.3, -0.25) is 9.36 Å². The van der Waals surface area contributed by atoms with Gasteiger partial charge in [-0.15, -0.1) is 0 Å². The summed E-state index contributed by atoms with van der Waals surface area (Å²) in [6.07, 6.45) is 84.7. The van der Waals surface area contributed by atoms with Crippen molar-refractivity contribution in [1.82, 2.24) is 5.32 Å². The molecule has 0 aromatic rings. The Morgan fingerprint density at radius 2 is 0.805 bits per heavy atom. The van der Waals surface area contributed by atoms with Crippen molar-refractivity contribution in [3.05, 3.63) is 109 Å². The lowest BCUT2D eigenvalue weighted by atomic mass is 10.0. The molecule has 0 heterocycles. The molecule has 3 unspecified atom stereocenters. The standard InChI is InChI=1S/C68H121N2O6P/c1-6-8-10-12-14-16-18-20-22-24-26-28-30-32-34-35-36-38-40-42-44-46-48-50-52-54-56-58-60-62-68(72)69-66(65-76-77(73,74)75-64-63-70(3,4)5)67(71)61-59-57-55-53-51-49-47-45-43-41-39-37-33-31-29-27-25-23-21-19-17-15-13-11-9-7-2/h8,10,14,16,20,22,26,28,32,34,36,38,42,44,51,53,59,61,66-67,71H,6-7,9,11-13,15,17-19,21,23-25,27,29-31,33,35,37,39-41,43,45-50,52,54-58,60,62-65H2,1-5H3,(H-,69,72,73,74)/b10-8-,16-14-,22-20-,28-26-,34-32-,38-36-,44-42-,53-51+,61-59+. The largest absolute Gasteiger partial charge is 0.756 e. The van der Waals surface area contributed by atoms with E-state index in [1.54, 1.807) is 6.08 Å². The Kier molecular flexibility index (Phi) is 55.7. The Balaban J connectivity index is 4.26. The van der Waals surface area contributed by atoms with E-state index in [0.29, 0.717) is 17.4 Å². The zero-order valence-corrected chi connectivity index (χ0v) is 51.5. The molecule has 444 valence electrons. The minimum Gasteiger partial charge on any atom is -0.756 e. The van der Waals surface area contributed by atoms with Crippen molar-refractivity contribution in [2.45, 2.75) is 276 Å². The van der Waals surface area contributed by atoms with E-state index >= 15 is 0 Å². The van der Waals surface area contributed by atoms with Gasteiger partial charge in [0, 0.05) is 6.42 Å². The van der Waals surface area contributed by atoms with Crippen LogP contribution < -0.4 is 10.2 Å². The van der Waals surface area contributed by atoms with Crippen molar-refractivity contribution in [1.29, 1.82) is 0 Å². The predicted octanol–water partition coefficient (Wildman–Crippen LogP) is 19.3. The van der Waals surface area contributed by atoms with E-state index in [1.165, 1.54) is 148 Å². The number of carbonyl (C=O) groups excluding carboxylic acids is 1. The molecule has 0 radical (unpaired) electrons. The molecule has 0 spiro atoms. The number of phosphoric acid groups is 1. The second-order valence-electron chi connectivity index (χ2n) is 22.4. The fraction of sp³-hybridized carbons (Fsp3) is 0.721. The summed E-state index contributed by atoms with van der Waals surface area (Å²) in [4.78, 5) is 25.6. The van der Waals surface area contributed by atoms with Crippen molar-refractivity contribution < 1.29 is 32.9 Å². The van der Waals surface area contributed by atoms with Crippen LogP contribution in [0.25, 0.3) is 0 Å². The molecular weight excluding hydrogens is 972 g/mol. The second-order valence-corrected chi connectivity index (χ2v) is 23.8. The van der Waals surface area contributed by atoms with Gasteiger partial charge in [-0.05, 0) is 89.9 Å². The minimum atomic E-state index is -4.62. The molecule has 77 heavy (non-hydrogen) atoms. The molecule has 0 aromatic carbocycles. The van der Waals surface area contributed by atoms with Crippen molar-refractivity contribution in [2.75, 3.05) is 40.9 Å². The quantitative estimate of drug-likeness (QED) is 0.0272. The number of aliphatic hydroxyl groups excluding tert-OH is 1. The number of rotatable bonds is 57. The number of carbonyl (C=O) groups is 1. The van der Waals surface area contributed by atoms with Gasteiger partial charge >= 0.3 is 0 Å². The molecule has 0 fully saturated rings. The Morgan fingerprint density at radius 1 is 0.468 bits per heavy atom. The molecular formula is C68H121N2O6P. The number of hydrogen-bond acceptors (Lipinski definition) is 6. The predicted molar refractivity (Wildman–Crippen MR) is 334 cm³/mol. The van der Waals surface area contributed by atoms with Gasteiger partial charge in [0.1, 0.15) is 13.2 Å². The molecule has 0 bridgehead atoms. The highest BCUT2D eigenvalue weighted by Gasteiger charge is 2.23. The highest BCUT2D eigenvalue weighted by molar-refractivity contribution is 7.45. The Morgan fingerprint density at radius 3 is 1.21 bits per heavy atom. The van der Waals surface area contributed by atoms with Gasteiger partial charge in [-0.2, -0.15) is 0 Å². The highest BCUT2D eigenvalue weighted by atomic mass is 31.2. The molecule has 0 aliphatic heterocycles. The topological polar surface area (TPSA) is 108 Å². The lowest BCUT2D eigenvalue weighted by molar-refractivity contribution is -0.870. The van der Waals surface area contributed by atoms with Gasteiger partial charge in [0.05, 0.1) is 39.9 Å². The molecule has 3 atom stereocenters. The average Bonchev–Trinajstić information content (AvgIpc) is 3.39. The van der Waals surface area contributed by atoms with E-state index in [0.717, 1.165) is 96.3 Å². The number of hydrogen-bond donors (Lipinski definition) is 2. The minimum absolute atomic E-state index is 0.0142. The first-order chi connectivity index (χ1) is 37.5. The molecule has 0 aromatic heterocycles. The third-order valence-corrected chi connectivity index (χ3v) is 14.7. The summed E-state index contributed by atoms with van der Waals surface area (Å²) in [6, 6.07) is -0.919. The smallest absolute Gasteiger partial charge is 0.268 e. The number of allylic oxidation sites excluding steroid dienone is 17. The van der Waals surface area contributed by atoms with Crippen LogP contribution in [-0.2, 0) is 18.4 Å². The first-order valence-electron chi connectivity index (χ1n) is 31.7. The molecule has 0 rings (SSSR count). The van der Waals surface area contributed by atoms with Crippen LogP contribution in [0.2, 0.25) is 0 Å². The lowest BCUT2D eigenvalue weighted by Crippen LogP contribution is -2.45. The summed E-state index contributed by atoms with van der Waals surface area (Å²) in [5.41, 5.74) is 0. The van der Waals surface area contributed by atoms with Crippen LogP contribution >= 0.6 is 7.82 Å². The fourth-order valence-electron chi connectivity index (χ4n) is 8.80. The van der Waals surface area contributed by atoms with Crippen LogP contribution in [0, 0.1) is 0 Å². The fourth-order valence-corrected chi connectivity index (χ4v) is 9.52. The SMILES string of the molecule is CC/C=C\C/C=C\C/C=C\C/C=C\C/C=C\C/C=C\C/C=C\CCCCCCCCCC(=O)NC(COP(=O)([O-])OCC[N+](C)(C)C)C(O)/C=C/CC/C=C/CCCCCCCCCCCCCCCCCCCCCC. The summed E-state index contributed by atoms with van der Waals surface area (Å²) in [6.45, 7) is 4.52. The van der Waals surface area contributed by atoms with E-state index in [9.17, 15) is 19.4 Å². The number of phosphoric ester groups is 1. The lowest BCUT2D eigenvalue weighted by Gasteiger charge is -2.29. The van der Waals surface area contributed by atoms with Crippen molar-refractivity contribution in [3.8, 4) is 0 Å². The maximum Gasteiger partial charge on any atom is 0.268 e. The number of quaternary nitrogens is 1. The normalized spacial score (nSPS) is 14.5. The summed E-state index contributed by atoms with van der Waals surface area (Å²) < 4.78 is 23.4. The number of nitrogens with zero attached hydrogens (tertiary/aromatic N) is 1. The number of amides is 1. The first-order valence-corrected chi connectivity index (χ1v) is 33.2.